The number of benzene rings is 1. The average Bonchev–Trinajstić information content (AvgIpc) is 3.17. The van der Waals surface area contributed by atoms with Gasteiger partial charge in [-0.25, -0.2) is 4.39 Å². The molecule has 1 aliphatic heterocycles. The predicted molar refractivity (Wildman–Crippen MR) is 81.4 cm³/mol. The van der Waals surface area contributed by atoms with E-state index in [4.69, 9.17) is 5.11 Å². The SMILES string of the molecule is O=C(O)C1CCN(C(=O)c2ccc(-c3ccccc3F)s2)C1. The number of nitrogens with zero attached hydrogens (tertiary/aromatic N) is 1. The molecule has 1 saturated heterocycles. The molecule has 0 saturated carbocycles. The van der Waals surface area contributed by atoms with Crippen molar-refractivity contribution in [1.82, 2.24) is 4.90 Å². The molecule has 0 spiro atoms. The zero-order chi connectivity index (χ0) is 15.7. The van der Waals surface area contributed by atoms with E-state index in [1.165, 1.54) is 17.4 Å². The molecular formula is C16H14FNO3S. The molecule has 1 atom stereocenters. The first-order chi connectivity index (χ1) is 10.6. The Bertz CT molecular complexity index is 728. The van der Waals surface area contributed by atoms with Crippen LogP contribution in [0.5, 0.6) is 0 Å². The number of carboxylic acid groups (broad SMARTS) is 1. The number of aliphatic carboxylic acids is 1. The Morgan fingerprint density at radius 1 is 1.23 bits per heavy atom. The van der Waals surface area contributed by atoms with Crippen LogP contribution in [0.2, 0.25) is 0 Å². The number of carbonyl (C=O) groups is 2. The Kier molecular flexibility index (Phi) is 3.94. The van der Waals surface area contributed by atoms with Crippen LogP contribution in [0.25, 0.3) is 10.4 Å². The van der Waals surface area contributed by atoms with Gasteiger partial charge in [0.05, 0.1) is 10.8 Å². The molecular weight excluding hydrogens is 305 g/mol. The van der Waals surface area contributed by atoms with Crippen LogP contribution in [0.4, 0.5) is 4.39 Å². The molecule has 6 heteroatoms. The summed E-state index contributed by atoms with van der Waals surface area (Å²) < 4.78 is 13.8. The molecule has 1 aromatic heterocycles. The number of carbonyl (C=O) groups excluding carboxylic acids is 1. The molecule has 4 nitrogen and oxygen atoms in total. The van der Waals surface area contributed by atoms with Crippen LogP contribution >= 0.6 is 11.3 Å². The fraction of sp³-hybridized carbons (Fsp3) is 0.250. The summed E-state index contributed by atoms with van der Waals surface area (Å²) in [5, 5.41) is 8.99. The second kappa shape index (κ2) is 5.88. The van der Waals surface area contributed by atoms with Gasteiger partial charge in [0.15, 0.2) is 0 Å². The van der Waals surface area contributed by atoms with E-state index in [-0.39, 0.29) is 18.3 Å². The smallest absolute Gasteiger partial charge is 0.308 e. The highest BCUT2D eigenvalue weighted by atomic mass is 32.1. The van der Waals surface area contributed by atoms with Gasteiger partial charge in [0.1, 0.15) is 5.82 Å². The first-order valence-corrected chi connectivity index (χ1v) is 7.74. The molecule has 3 rings (SSSR count). The minimum absolute atomic E-state index is 0.184. The molecule has 0 radical (unpaired) electrons. The number of thiophene rings is 1. The van der Waals surface area contributed by atoms with Gasteiger partial charge in [-0.15, -0.1) is 11.3 Å². The third-order valence-corrected chi connectivity index (χ3v) is 4.89. The molecule has 1 fully saturated rings. The fourth-order valence-corrected chi connectivity index (χ4v) is 3.56. The zero-order valence-electron chi connectivity index (χ0n) is 11.7. The van der Waals surface area contributed by atoms with Crippen LogP contribution in [0, 0.1) is 11.7 Å². The Morgan fingerprint density at radius 2 is 2.00 bits per heavy atom. The van der Waals surface area contributed by atoms with Gasteiger partial charge in [0.2, 0.25) is 0 Å². The number of hydrogen-bond acceptors (Lipinski definition) is 3. The van der Waals surface area contributed by atoms with Crippen molar-refractivity contribution in [1.29, 1.82) is 0 Å². The topological polar surface area (TPSA) is 57.6 Å². The lowest BCUT2D eigenvalue weighted by molar-refractivity contribution is -0.141. The number of halogens is 1. The lowest BCUT2D eigenvalue weighted by Gasteiger charge is -2.14. The van der Waals surface area contributed by atoms with Crippen LogP contribution in [0.15, 0.2) is 36.4 Å². The molecule has 2 aromatic rings. The van der Waals surface area contributed by atoms with Crippen molar-refractivity contribution < 1.29 is 19.1 Å². The summed E-state index contributed by atoms with van der Waals surface area (Å²) in [4.78, 5) is 26.1. The van der Waals surface area contributed by atoms with Gasteiger partial charge in [-0.05, 0) is 24.6 Å². The quantitative estimate of drug-likeness (QED) is 0.946. The van der Waals surface area contributed by atoms with E-state index in [0.29, 0.717) is 28.3 Å². The van der Waals surface area contributed by atoms with Crippen LogP contribution in [0.3, 0.4) is 0 Å². The summed E-state index contributed by atoms with van der Waals surface area (Å²) in [6.07, 6.45) is 0.479. The lowest BCUT2D eigenvalue weighted by Crippen LogP contribution is -2.29. The number of hydrogen-bond donors (Lipinski definition) is 1. The second-order valence-corrected chi connectivity index (χ2v) is 6.30. The summed E-state index contributed by atoms with van der Waals surface area (Å²) in [6, 6.07) is 9.82. The Labute approximate surface area is 130 Å². The molecule has 0 aliphatic carbocycles. The van der Waals surface area contributed by atoms with Gasteiger partial charge in [-0.1, -0.05) is 18.2 Å². The summed E-state index contributed by atoms with van der Waals surface area (Å²) in [7, 11) is 0. The molecule has 1 unspecified atom stereocenters. The van der Waals surface area contributed by atoms with Crippen molar-refractivity contribution in [3.63, 3.8) is 0 Å². The van der Waals surface area contributed by atoms with Crippen LogP contribution in [-0.4, -0.2) is 35.0 Å². The van der Waals surface area contributed by atoms with E-state index in [9.17, 15) is 14.0 Å². The lowest BCUT2D eigenvalue weighted by atomic mass is 10.1. The highest BCUT2D eigenvalue weighted by Gasteiger charge is 2.31. The van der Waals surface area contributed by atoms with E-state index in [1.54, 1.807) is 35.2 Å². The maximum Gasteiger partial charge on any atom is 0.308 e. The minimum Gasteiger partial charge on any atom is -0.481 e. The van der Waals surface area contributed by atoms with Gasteiger partial charge in [-0.2, -0.15) is 0 Å². The first-order valence-electron chi connectivity index (χ1n) is 6.93. The first kappa shape index (κ1) is 14.7. The average molecular weight is 319 g/mol. The Balaban J connectivity index is 1.78. The number of likely N-dealkylation sites (tertiary alicyclic amines) is 1. The van der Waals surface area contributed by atoms with Gasteiger partial charge in [0, 0.05) is 23.5 Å². The molecule has 1 amide bonds. The van der Waals surface area contributed by atoms with Crippen molar-refractivity contribution in [3.05, 3.63) is 47.1 Å². The molecule has 1 aromatic carbocycles. The highest BCUT2D eigenvalue weighted by Crippen LogP contribution is 2.31. The summed E-state index contributed by atoms with van der Waals surface area (Å²) in [5.74, 6) is -1.87. The monoisotopic (exact) mass is 319 g/mol. The summed E-state index contributed by atoms with van der Waals surface area (Å²) >= 11 is 1.23. The largest absolute Gasteiger partial charge is 0.481 e. The zero-order valence-corrected chi connectivity index (χ0v) is 12.5. The standard InChI is InChI=1S/C16H14FNO3S/c17-12-4-2-1-3-11(12)13-5-6-14(22-13)15(19)18-8-7-10(9-18)16(20)21/h1-6,10H,7-9H2,(H,20,21). The van der Waals surface area contributed by atoms with Crippen LogP contribution in [-0.2, 0) is 4.79 Å². The van der Waals surface area contributed by atoms with E-state index in [2.05, 4.69) is 0 Å². The molecule has 114 valence electrons. The third-order valence-electron chi connectivity index (χ3n) is 3.78. The number of amides is 1. The molecule has 1 aliphatic rings. The molecule has 22 heavy (non-hydrogen) atoms. The van der Waals surface area contributed by atoms with Crippen molar-refractivity contribution in [2.45, 2.75) is 6.42 Å². The molecule has 1 N–H and O–H groups in total. The van der Waals surface area contributed by atoms with Crippen LogP contribution in [0.1, 0.15) is 16.1 Å². The van der Waals surface area contributed by atoms with Crippen molar-refractivity contribution >= 4 is 23.2 Å². The van der Waals surface area contributed by atoms with E-state index in [0.717, 1.165) is 0 Å². The third kappa shape index (κ3) is 2.74. The normalized spacial score (nSPS) is 17.7. The minimum atomic E-state index is -0.867. The molecule has 0 bridgehead atoms. The number of carboxylic acids is 1. The second-order valence-electron chi connectivity index (χ2n) is 5.22. The van der Waals surface area contributed by atoms with E-state index >= 15 is 0 Å². The highest BCUT2D eigenvalue weighted by molar-refractivity contribution is 7.17. The molecule has 2 heterocycles. The summed E-state index contributed by atoms with van der Waals surface area (Å²) in [5.41, 5.74) is 0.469. The van der Waals surface area contributed by atoms with Crippen molar-refractivity contribution in [2.24, 2.45) is 5.92 Å². The van der Waals surface area contributed by atoms with Crippen molar-refractivity contribution in [2.75, 3.05) is 13.1 Å². The van der Waals surface area contributed by atoms with Gasteiger partial charge >= 0.3 is 5.97 Å². The van der Waals surface area contributed by atoms with Gasteiger partial charge in [-0.3, -0.25) is 9.59 Å². The van der Waals surface area contributed by atoms with Crippen LogP contribution < -0.4 is 0 Å². The fourth-order valence-electron chi connectivity index (χ4n) is 2.56. The van der Waals surface area contributed by atoms with Crippen molar-refractivity contribution in [3.8, 4) is 10.4 Å². The van der Waals surface area contributed by atoms with Gasteiger partial charge in [0.25, 0.3) is 5.91 Å². The Morgan fingerprint density at radius 3 is 2.68 bits per heavy atom. The maximum atomic E-state index is 13.8. The number of rotatable bonds is 3. The Hall–Kier alpha value is -2.21. The van der Waals surface area contributed by atoms with E-state index in [1.807, 2.05) is 0 Å². The maximum absolute atomic E-state index is 13.8. The van der Waals surface area contributed by atoms with E-state index < -0.39 is 11.9 Å². The summed E-state index contributed by atoms with van der Waals surface area (Å²) in [6.45, 7) is 0.684. The van der Waals surface area contributed by atoms with Gasteiger partial charge < -0.3 is 10.0 Å². The predicted octanol–water partition coefficient (Wildman–Crippen LogP) is 3.10.